The smallest absolute Gasteiger partial charge is 0.137 e. The van der Waals surface area contributed by atoms with Gasteiger partial charge >= 0.3 is 0 Å². The Morgan fingerprint density at radius 2 is 1.02 bits per heavy atom. The molecule has 0 saturated carbocycles. The largest absolute Gasteiger partial charge is 0.456 e. The number of rotatable bonds is 5. The van der Waals surface area contributed by atoms with Gasteiger partial charge in [0.05, 0.1) is 11.1 Å². The minimum atomic E-state index is 0.883. The van der Waals surface area contributed by atoms with E-state index in [0.717, 1.165) is 39.0 Å². The first-order valence-electron chi connectivity index (χ1n) is 14.3. The molecule has 8 aromatic rings. The lowest BCUT2D eigenvalue weighted by Gasteiger charge is -2.26. The van der Waals surface area contributed by atoms with Crippen molar-refractivity contribution >= 4 is 49.8 Å². The minimum absolute atomic E-state index is 0.883. The Labute approximate surface area is 244 Å². The summed E-state index contributed by atoms with van der Waals surface area (Å²) in [5, 5.41) is 4.74. The van der Waals surface area contributed by atoms with Crippen LogP contribution in [0.2, 0.25) is 0 Å². The van der Waals surface area contributed by atoms with Crippen LogP contribution in [0.3, 0.4) is 0 Å². The predicted octanol–water partition coefficient (Wildman–Crippen LogP) is 11.5. The second-order valence-corrected chi connectivity index (χ2v) is 10.6. The second kappa shape index (κ2) is 10.1. The quantitative estimate of drug-likeness (QED) is 0.217. The number of fused-ring (bicyclic) bond motifs is 4. The van der Waals surface area contributed by atoms with Gasteiger partial charge in [0.1, 0.15) is 11.2 Å². The van der Waals surface area contributed by atoms with Crippen molar-refractivity contribution in [1.29, 1.82) is 0 Å². The normalized spacial score (nSPS) is 11.3. The van der Waals surface area contributed by atoms with E-state index in [-0.39, 0.29) is 0 Å². The number of benzene rings is 7. The van der Waals surface area contributed by atoms with Crippen LogP contribution < -0.4 is 4.90 Å². The van der Waals surface area contributed by atoms with Crippen LogP contribution in [0.1, 0.15) is 0 Å². The lowest BCUT2D eigenvalue weighted by molar-refractivity contribution is 0.669. The zero-order chi connectivity index (χ0) is 27.9. The number of para-hydroxylation sites is 2. The summed E-state index contributed by atoms with van der Waals surface area (Å²) in [6.45, 7) is 0. The van der Waals surface area contributed by atoms with Crippen LogP contribution in [0.4, 0.5) is 17.1 Å². The van der Waals surface area contributed by atoms with E-state index in [0.29, 0.717) is 0 Å². The van der Waals surface area contributed by atoms with Gasteiger partial charge in [0, 0.05) is 16.8 Å². The molecule has 7 aromatic carbocycles. The Kier molecular flexibility index (Phi) is 5.82. The highest BCUT2D eigenvalue weighted by molar-refractivity contribution is 6.13. The maximum absolute atomic E-state index is 6.27. The summed E-state index contributed by atoms with van der Waals surface area (Å²) < 4.78 is 6.27. The van der Waals surface area contributed by atoms with Crippen molar-refractivity contribution in [3.8, 4) is 22.3 Å². The molecule has 0 amide bonds. The standard InChI is InChI=1S/C40H27NO/c1-2-17-32(18-3-1)41(37-23-11-25-39-40(37)36-21-6-7-24-38(36)42-39)33-19-9-15-30(27-33)29-14-8-16-31(26-29)35-22-10-13-28-12-4-5-20-34(28)35/h1-27H. The van der Waals surface area contributed by atoms with Gasteiger partial charge < -0.3 is 9.32 Å². The molecular formula is C40H27NO. The summed E-state index contributed by atoms with van der Waals surface area (Å²) in [4.78, 5) is 2.34. The molecule has 0 bridgehead atoms. The minimum Gasteiger partial charge on any atom is -0.456 e. The molecule has 0 atom stereocenters. The summed E-state index contributed by atoms with van der Waals surface area (Å²) in [6.07, 6.45) is 0. The van der Waals surface area contributed by atoms with Gasteiger partial charge in [-0.15, -0.1) is 0 Å². The van der Waals surface area contributed by atoms with E-state index in [4.69, 9.17) is 4.42 Å². The number of nitrogens with zero attached hydrogens (tertiary/aromatic N) is 1. The van der Waals surface area contributed by atoms with Gasteiger partial charge in [-0.3, -0.25) is 0 Å². The van der Waals surface area contributed by atoms with E-state index in [1.165, 1.54) is 33.0 Å². The average molecular weight is 538 g/mol. The summed E-state index contributed by atoms with van der Waals surface area (Å²) in [7, 11) is 0. The molecule has 2 nitrogen and oxygen atoms in total. The molecule has 1 aromatic heterocycles. The third-order valence-electron chi connectivity index (χ3n) is 8.04. The van der Waals surface area contributed by atoms with Crippen molar-refractivity contribution in [3.05, 3.63) is 164 Å². The van der Waals surface area contributed by atoms with Crippen LogP contribution in [-0.2, 0) is 0 Å². The zero-order valence-corrected chi connectivity index (χ0v) is 22.9. The van der Waals surface area contributed by atoms with Crippen molar-refractivity contribution in [2.45, 2.75) is 0 Å². The maximum atomic E-state index is 6.27. The summed E-state index contributed by atoms with van der Waals surface area (Å²) in [5.41, 5.74) is 9.86. The van der Waals surface area contributed by atoms with Crippen LogP contribution in [0, 0.1) is 0 Å². The van der Waals surface area contributed by atoms with Crippen molar-refractivity contribution in [3.63, 3.8) is 0 Å². The Morgan fingerprint density at radius 1 is 0.405 bits per heavy atom. The third kappa shape index (κ3) is 4.13. The first kappa shape index (κ1) is 24.2. The van der Waals surface area contributed by atoms with Gasteiger partial charge in [-0.05, 0) is 81.6 Å². The first-order valence-corrected chi connectivity index (χ1v) is 14.3. The molecule has 42 heavy (non-hydrogen) atoms. The lowest BCUT2D eigenvalue weighted by Crippen LogP contribution is -2.10. The molecule has 0 fully saturated rings. The number of anilines is 3. The molecule has 1 heterocycles. The number of hydrogen-bond donors (Lipinski definition) is 0. The molecule has 2 heteroatoms. The highest BCUT2D eigenvalue weighted by Crippen LogP contribution is 2.43. The van der Waals surface area contributed by atoms with Crippen LogP contribution in [0.25, 0.3) is 55.0 Å². The fourth-order valence-electron chi connectivity index (χ4n) is 6.11. The topological polar surface area (TPSA) is 16.4 Å². The molecule has 198 valence electrons. The predicted molar refractivity (Wildman–Crippen MR) is 177 cm³/mol. The van der Waals surface area contributed by atoms with Crippen molar-refractivity contribution in [1.82, 2.24) is 0 Å². The third-order valence-corrected chi connectivity index (χ3v) is 8.04. The Hall–Kier alpha value is -5.60. The SMILES string of the molecule is c1ccc(N(c2cccc(-c3cccc(-c4cccc5ccccc45)c3)c2)c2cccc3oc4ccccc4c23)cc1. The highest BCUT2D eigenvalue weighted by atomic mass is 16.3. The Balaban J connectivity index is 1.29. The molecule has 0 aliphatic heterocycles. The number of furan rings is 1. The van der Waals surface area contributed by atoms with Crippen LogP contribution >= 0.6 is 0 Å². The van der Waals surface area contributed by atoms with Gasteiger partial charge in [0.25, 0.3) is 0 Å². The molecule has 0 saturated heterocycles. The van der Waals surface area contributed by atoms with Crippen molar-refractivity contribution < 1.29 is 4.42 Å². The monoisotopic (exact) mass is 537 g/mol. The van der Waals surface area contributed by atoms with E-state index < -0.39 is 0 Å². The van der Waals surface area contributed by atoms with Crippen LogP contribution in [-0.4, -0.2) is 0 Å². The zero-order valence-electron chi connectivity index (χ0n) is 22.9. The lowest BCUT2D eigenvalue weighted by atomic mass is 9.95. The molecular weight excluding hydrogens is 510 g/mol. The van der Waals surface area contributed by atoms with Crippen molar-refractivity contribution in [2.75, 3.05) is 4.90 Å². The molecule has 0 radical (unpaired) electrons. The average Bonchev–Trinajstić information content (AvgIpc) is 3.45. The van der Waals surface area contributed by atoms with Gasteiger partial charge in [-0.2, -0.15) is 0 Å². The first-order chi connectivity index (χ1) is 20.8. The maximum Gasteiger partial charge on any atom is 0.137 e. The Bertz CT molecular complexity index is 2200. The fraction of sp³-hybridized carbons (Fsp3) is 0. The van der Waals surface area contributed by atoms with Gasteiger partial charge in [-0.25, -0.2) is 0 Å². The molecule has 0 aliphatic carbocycles. The van der Waals surface area contributed by atoms with E-state index in [9.17, 15) is 0 Å². The van der Waals surface area contributed by atoms with Crippen LogP contribution in [0.15, 0.2) is 168 Å². The molecule has 0 aliphatic rings. The molecule has 0 spiro atoms. The van der Waals surface area contributed by atoms with E-state index in [1.807, 2.05) is 12.1 Å². The highest BCUT2D eigenvalue weighted by Gasteiger charge is 2.19. The Morgan fingerprint density at radius 3 is 1.93 bits per heavy atom. The van der Waals surface area contributed by atoms with Crippen LogP contribution in [0.5, 0.6) is 0 Å². The molecule has 0 unspecified atom stereocenters. The summed E-state index contributed by atoms with van der Waals surface area (Å²) in [5.74, 6) is 0. The molecule has 8 rings (SSSR count). The van der Waals surface area contributed by atoms with Gasteiger partial charge in [0.15, 0.2) is 0 Å². The summed E-state index contributed by atoms with van der Waals surface area (Å²) in [6, 6.07) is 58.0. The second-order valence-electron chi connectivity index (χ2n) is 10.6. The van der Waals surface area contributed by atoms with Gasteiger partial charge in [-0.1, -0.05) is 115 Å². The van der Waals surface area contributed by atoms with Gasteiger partial charge in [0.2, 0.25) is 0 Å². The molecule has 0 N–H and O–H groups in total. The number of hydrogen-bond acceptors (Lipinski definition) is 2. The van der Waals surface area contributed by atoms with Crippen molar-refractivity contribution in [2.24, 2.45) is 0 Å². The van der Waals surface area contributed by atoms with E-state index in [2.05, 4.69) is 157 Å². The summed E-state index contributed by atoms with van der Waals surface area (Å²) >= 11 is 0. The van der Waals surface area contributed by atoms with E-state index in [1.54, 1.807) is 0 Å². The van der Waals surface area contributed by atoms with E-state index >= 15 is 0 Å². The fourth-order valence-corrected chi connectivity index (χ4v) is 6.11.